The van der Waals surface area contributed by atoms with Crippen molar-refractivity contribution in [3.8, 4) is 5.75 Å². The Kier molecular flexibility index (Phi) is 7.66. The number of furan rings is 1. The van der Waals surface area contributed by atoms with Crippen molar-refractivity contribution < 1.29 is 13.9 Å². The summed E-state index contributed by atoms with van der Waals surface area (Å²) < 4.78 is 11.6. The van der Waals surface area contributed by atoms with Gasteiger partial charge in [0.2, 0.25) is 5.91 Å². The number of guanidine groups is 1. The molecule has 32 heavy (non-hydrogen) atoms. The van der Waals surface area contributed by atoms with Gasteiger partial charge in [-0.05, 0) is 68.2 Å². The summed E-state index contributed by atoms with van der Waals surface area (Å²) in [4.78, 5) is 18.3. The molecule has 3 N–H and O–H groups in total. The van der Waals surface area contributed by atoms with Gasteiger partial charge in [0.1, 0.15) is 18.1 Å². The van der Waals surface area contributed by atoms with Gasteiger partial charge in [-0.2, -0.15) is 0 Å². The zero-order valence-electron chi connectivity index (χ0n) is 18.7. The van der Waals surface area contributed by atoms with Crippen LogP contribution in [0.3, 0.4) is 0 Å². The minimum Gasteiger partial charge on any atom is -0.492 e. The summed E-state index contributed by atoms with van der Waals surface area (Å²) in [5.41, 5.74) is 2.00. The molecule has 0 spiro atoms. The van der Waals surface area contributed by atoms with E-state index in [-0.39, 0.29) is 11.9 Å². The Morgan fingerprint density at radius 3 is 2.88 bits per heavy atom. The summed E-state index contributed by atoms with van der Waals surface area (Å²) in [7, 11) is 1.77. The molecule has 0 radical (unpaired) electrons. The summed E-state index contributed by atoms with van der Waals surface area (Å²) in [6.07, 6.45) is 6.78. The van der Waals surface area contributed by atoms with Gasteiger partial charge in [-0.3, -0.25) is 14.7 Å². The lowest BCUT2D eigenvalue weighted by molar-refractivity contribution is -0.116. The van der Waals surface area contributed by atoms with Crippen molar-refractivity contribution >= 4 is 17.6 Å². The number of piperidine rings is 1. The number of carbonyl (C=O) groups is 1. The molecule has 1 saturated heterocycles. The number of ether oxygens (including phenoxy) is 1. The van der Waals surface area contributed by atoms with Crippen LogP contribution in [0.5, 0.6) is 5.75 Å². The van der Waals surface area contributed by atoms with E-state index in [1.54, 1.807) is 13.3 Å². The molecule has 1 amide bonds. The topological polar surface area (TPSA) is 91.1 Å². The van der Waals surface area contributed by atoms with E-state index in [0.717, 1.165) is 54.8 Å². The zero-order valence-corrected chi connectivity index (χ0v) is 18.7. The SMILES string of the molecule is CN=C(NCCOc1ccc2c(c1)CCC(=O)N2)NCC(c1ccco1)N1CCCCC1. The van der Waals surface area contributed by atoms with Crippen molar-refractivity contribution in [2.45, 2.75) is 38.1 Å². The fraction of sp³-hybridized carbons (Fsp3) is 0.500. The van der Waals surface area contributed by atoms with Gasteiger partial charge in [0.05, 0.1) is 18.8 Å². The number of aryl methyl sites for hydroxylation is 1. The van der Waals surface area contributed by atoms with E-state index >= 15 is 0 Å². The minimum absolute atomic E-state index is 0.0730. The number of hydrogen-bond acceptors (Lipinski definition) is 5. The quantitative estimate of drug-likeness (QED) is 0.333. The van der Waals surface area contributed by atoms with Crippen molar-refractivity contribution in [3.05, 3.63) is 47.9 Å². The van der Waals surface area contributed by atoms with Crippen LogP contribution in [0.25, 0.3) is 0 Å². The number of benzene rings is 1. The van der Waals surface area contributed by atoms with E-state index < -0.39 is 0 Å². The number of aliphatic imine (C=N–C) groups is 1. The van der Waals surface area contributed by atoms with Gasteiger partial charge in [-0.15, -0.1) is 0 Å². The molecule has 2 aliphatic heterocycles. The van der Waals surface area contributed by atoms with Gasteiger partial charge in [0.25, 0.3) is 0 Å². The summed E-state index contributed by atoms with van der Waals surface area (Å²) in [5.74, 6) is 2.62. The second-order valence-corrected chi connectivity index (χ2v) is 8.22. The summed E-state index contributed by atoms with van der Waals surface area (Å²) in [6, 6.07) is 10.0. The van der Waals surface area contributed by atoms with Gasteiger partial charge >= 0.3 is 0 Å². The molecule has 8 heteroatoms. The molecule has 0 aliphatic carbocycles. The average Bonchev–Trinajstić information content (AvgIpc) is 3.36. The monoisotopic (exact) mass is 439 g/mol. The van der Waals surface area contributed by atoms with E-state index in [4.69, 9.17) is 9.15 Å². The summed E-state index contributed by atoms with van der Waals surface area (Å²) in [5, 5.41) is 9.65. The van der Waals surface area contributed by atoms with Crippen LogP contribution in [-0.4, -0.2) is 56.6 Å². The number of anilines is 1. The van der Waals surface area contributed by atoms with Crippen LogP contribution in [0.15, 0.2) is 46.0 Å². The van der Waals surface area contributed by atoms with Crippen LogP contribution in [0.2, 0.25) is 0 Å². The highest BCUT2D eigenvalue weighted by atomic mass is 16.5. The largest absolute Gasteiger partial charge is 0.492 e. The molecule has 1 fully saturated rings. The minimum atomic E-state index is 0.0730. The molecule has 1 aromatic carbocycles. The first-order valence-electron chi connectivity index (χ1n) is 11.5. The third kappa shape index (κ3) is 5.82. The number of nitrogens with zero attached hydrogens (tertiary/aromatic N) is 2. The standard InChI is InChI=1S/C24H33N5O3/c1-25-24(27-17-21(22-6-5-14-32-22)29-12-3-2-4-13-29)26-11-15-31-19-8-9-20-18(16-19)7-10-23(30)28-20/h5-6,8-9,14,16,21H,2-4,7,10-13,15,17H2,1H3,(H,28,30)(H2,25,26,27). The maximum Gasteiger partial charge on any atom is 0.224 e. The Morgan fingerprint density at radius 1 is 1.22 bits per heavy atom. The number of fused-ring (bicyclic) bond motifs is 1. The number of carbonyl (C=O) groups excluding carboxylic acids is 1. The fourth-order valence-electron chi connectivity index (χ4n) is 4.32. The van der Waals surface area contributed by atoms with E-state index in [1.807, 2.05) is 24.3 Å². The molecule has 1 atom stereocenters. The number of nitrogens with one attached hydrogen (secondary N) is 3. The van der Waals surface area contributed by atoms with Crippen molar-refractivity contribution in [2.75, 3.05) is 45.2 Å². The first-order chi connectivity index (χ1) is 15.7. The number of amides is 1. The Hall–Kier alpha value is -3.00. The van der Waals surface area contributed by atoms with Crippen molar-refractivity contribution in [1.82, 2.24) is 15.5 Å². The van der Waals surface area contributed by atoms with E-state index in [9.17, 15) is 4.79 Å². The molecule has 4 rings (SSSR count). The Labute approximate surface area is 189 Å². The molecule has 8 nitrogen and oxygen atoms in total. The summed E-state index contributed by atoms with van der Waals surface area (Å²) in [6.45, 7) is 4.06. The highest BCUT2D eigenvalue weighted by Gasteiger charge is 2.24. The third-order valence-electron chi connectivity index (χ3n) is 6.02. The van der Waals surface area contributed by atoms with Crippen LogP contribution in [0, 0.1) is 0 Å². The van der Waals surface area contributed by atoms with Crippen LogP contribution in [0.1, 0.15) is 43.0 Å². The van der Waals surface area contributed by atoms with Gasteiger partial charge in [0, 0.05) is 25.7 Å². The number of hydrogen-bond donors (Lipinski definition) is 3. The molecular weight excluding hydrogens is 406 g/mol. The van der Waals surface area contributed by atoms with Crippen molar-refractivity contribution in [1.29, 1.82) is 0 Å². The van der Waals surface area contributed by atoms with Crippen LogP contribution in [0.4, 0.5) is 5.69 Å². The molecule has 3 heterocycles. The first kappa shape index (κ1) is 22.2. The van der Waals surface area contributed by atoms with E-state index in [0.29, 0.717) is 19.6 Å². The highest BCUT2D eigenvalue weighted by Crippen LogP contribution is 2.27. The molecule has 0 saturated carbocycles. The lowest BCUT2D eigenvalue weighted by Gasteiger charge is -2.33. The highest BCUT2D eigenvalue weighted by molar-refractivity contribution is 5.94. The average molecular weight is 440 g/mol. The predicted molar refractivity (Wildman–Crippen MR) is 125 cm³/mol. The molecule has 1 unspecified atom stereocenters. The number of likely N-dealkylation sites (tertiary alicyclic amines) is 1. The predicted octanol–water partition coefficient (Wildman–Crippen LogP) is 2.94. The maximum atomic E-state index is 11.5. The van der Waals surface area contributed by atoms with Crippen LogP contribution in [-0.2, 0) is 11.2 Å². The van der Waals surface area contributed by atoms with Gasteiger partial charge in [-0.1, -0.05) is 6.42 Å². The van der Waals surface area contributed by atoms with E-state index in [1.165, 1.54) is 19.3 Å². The second kappa shape index (κ2) is 11.0. The molecule has 1 aromatic heterocycles. The Bertz CT molecular complexity index is 906. The molecule has 0 bridgehead atoms. The van der Waals surface area contributed by atoms with Gasteiger partial charge in [-0.25, -0.2) is 0 Å². The molecule has 2 aliphatic rings. The third-order valence-corrected chi connectivity index (χ3v) is 6.02. The summed E-state index contributed by atoms with van der Waals surface area (Å²) >= 11 is 0. The normalized spacial score (nSPS) is 17.9. The Morgan fingerprint density at radius 2 is 2.09 bits per heavy atom. The van der Waals surface area contributed by atoms with Crippen LogP contribution < -0.4 is 20.7 Å². The van der Waals surface area contributed by atoms with Crippen molar-refractivity contribution in [3.63, 3.8) is 0 Å². The molecule has 2 aromatic rings. The first-order valence-corrected chi connectivity index (χ1v) is 11.5. The van der Waals surface area contributed by atoms with Crippen molar-refractivity contribution in [2.24, 2.45) is 4.99 Å². The second-order valence-electron chi connectivity index (χ2n) is 8.22. The van der Waals surface area contributed by atoms with Crippen LogP contribution >= 0.6 is 0 Å². The van der Waals surface area contributed by atoms with Gasteiger partial charge in [0.15, 0.2) is 5.96 Å². The van der Waals surface area contributed by atoms with E-state index in [2.05, 4.69) is 31.9 Å². The smallest absolute Gasteiger partial charge is 0.224 e. The lowest BCUT2D eigenvalue weighted by Crippen LogP contribution is -2.45. The number of rotatable bonds is 8. The zero-order chi connectivity index (χ0) is 22.2. The molecular formula is C24H33N5O3. The maximum absolute atomic E-state index is 11.5. The molecule has 172 valence electrons. The lowest BCUT2D eigenvalue weighted by atomic mass is 10.0. The Balaban J connectivity index is 1.23. The van der Waals surface area contributed by atoms with Gasteiger partial charge < -0.3 is 25.1 Å². The fourth-order valence-corrected chi connectivity index (χ4v) is 4.32.